The molecule has 2 aromatic carbocycles. The van der Waals surface area contributed by atoms with Crippen LogP contribution in [0.4, 0.5) is 5.69 Å². The number of fused-ring (bicyclic) bond motifs is 1. The van der Waals surface area contributed by atoms with Crippen molar-refractivity contribution in [1.29, 1.82) is 0 Å². The number of carbonyl (C=O) groups is 2. The van der Waals surface area contributed by atoms with E-state index in [1.54, 1.807) is 36.4 Å². The Bertz CT molecular complexity index is 1240. The van der Waals surface area contributed by atoms with Crippen LogP contribution in [0.3, 0.4) is 0 Å². The van der Waals surface area contributed by atoms with Gasteiger partial charge in [0.2, 0.25) is 15.9 Å². The first kappa shape index (κ1) is 23.8. The maximum absolute atomic E-state index is 12.5. The molecule has 0 saturated heterocycles. The molecule has 170 valence electrons. The summed E-state index contributed by atoms with van der Waals surface area (Å²) in [5.41, 5.74) is 1.26. The number of sulfonamides is 1. The summed E-state index contributed by atoms with van der Waals surface area (Å²) < 4.78 is 28.3. The van der Waals surface area contributed by atoms with Gasteiger partial charge in [-0.05, 0) is 49.4 Å². The average molecular weight is 475 g/mol. The molecule has 3 aromatic rings. The summed E-state index contributed by atoms with van der Waals surface area (Å²) >= 11 is 1.43. The molecule has 0 bridgehead atoms. The third-order valence-electron chi connectivity index (χ3n) is 4.57. The summed E-state index contributed by atoms with van der Waals surface area (Å²) in [7, 11) is -3.70. The van der Waals surface area contributed by atoms with E-state index in [1.165, 1.54) is 17.4 Å². The largest absolute Gasteiger partial charge is 0.351 e. The first-order chi connectivity index (χ1) is 15.0. The van der Waals surface area contributed by atoms with Gasteiger partial charge in [0.1, 0.15) is 0 Å². The molecule has 1 heterocycles. The summed E-state index contributed by atoms with van der Waals surface area (Å²) in [5.74, 6) is -0.453. The molecule has 0 atom stereocenters. The van der Waals surface area contributed by atoms with E-state index in [-0.39, 0.29) is 29.8 Å². The minimum Gasteiger partial charge on any atom is -0.351 e. The summed E-state index contributed by atoms with van der Waals surface area (Å²) in [5, 5.41) is 6.34. The van der Waals surface area contributed by atoms with Crippen LogP contribution in [0.25, 0.3) is 10.2 Å². The van der Waals surface area contributed by atoms with Crippen LogP contribution < -0.4 is 15.4 Å². The molecule has 0 radical (unpaired) electrons. The Labute approximate surface area is 191 Å². The highest BCUT2D eigenvalue weighted by Crippen LogP contribution is 2.24. The van der Waals surface area contributed by atoms with E-state index in [4.69, 9.17) is 0 Å². The number of hydrogen-bond acceptors (Lipinski definition) is 6. The molecule has 8 nitrogen and oxygen atoms in total. The molecule has 2 amide bonds. The van der Waals surface area contributed by atoms with Crippen molar-refractivity contribution in [2.45, 2.75) is 32.6 Å². The van der Waals surface area contributed by atoms with Gasteiger partial charge in [0, 0.05) is 29.8 Å². The number of hydrogen-bond donors (Lipinski definition) is 3. The van der Waals surface area contributed by atoms with Gasteiger partial charge in [-0.15, -0.1) is 11.3 Å². The summed E-state index contributed by atoms with van der Waals surface area (Å²) in [4.78, 5) is 28.8. The molecule has 0 aliphatic carbocycles. The molecule has 0 unspecified atom stereocenters. The van der Waals surface area contributed by atoms with Gasteiger partial charge in [0.15, 0.2) is 0 Å². The third-order valence-corrected chi connectivity index (χ3v) is 6.96. The van der Waals surface area contributed by atoms with Crippen molar-refractivity contribution in [3.8, 4) is 0 Å². The molecular weight excluding hydrogens is 448 g/mol. The van der Waals surface area contributed by atoms with E-state index < -0.39 is 15.4 Å². The quantitative estimate of drug-likeness (QED) is 0.454. The fourth-order valence-electron chi connectivity index (χ4n) is 2.76. The first-order valence-electron chi connectivity index (χ1n) is 10.0. The summed E-state index contributed by atoms with van der Waals surface area (Å²) in [6, 6.07) is 11.3. The van der Waals surface area contributed by atoms with Crippen LogP contribution in [0.15, 0.2) is 47.4 Å². The highest BCUT2D eigenvalue weighted by Gasteiger charge is 2.21. The standard InChI is InChI=1S/C22H26N4O4S2/c1-14-25-18-10-9-17(13-19(18)31-14)32(29,30)24-12-11-23-20(27)15-5-7-16(8-6-15)26-21(28)22(2,3)4/h5-10,13,24H,11-12H2,1-4H3,(H,23,27)(H,26,28). The number of rotatable bonds is 7. The Morgan fingerprint density at radius 1 is 1.03 bits per heavy atom. The van der Waals surface area contributed by atoms with Crippen LogP contribution in [0.2, 0.25) is 0 Å². The van der Waals surface area contributed by atoms with Crippen LogP contribution in [0.1, 0.15) is 36.1 Å². The Morgan fingerprint density at radius 2 is 1.72 bits per heavy atom. The highest BCUT2D eigenvalue weighted by atomic mass is 32.2. The van der Waals surface area contributed by atoms with Crippen molar-refractivity contribution in [3.63, 3.8) is 0 Å². The monoisotopic (exact) mass is 474 g/mol. The molecule has 10 heteroatoms. The van der Waals surface area contributed by atoms with Gasteiger partial charge in [0.25, 0.3) is 5.91 Å². The van der Waals surface area contributed by atoms with Crippen molar-refractivity contribution in [3.05, 3.63) is 53.0 Å². The Hall–Kier alpha value is -2.82. The molecule has 0 fully saturated rings. The Kier molecular flexibility index (Phi) is 6.97. The van der Waals surface area contributed by atoms with Crippen LogP contribution in [0, 0.1) is 12.3 Å². The van der Waals surface area contributed by atoms with Gasteiger partial charge in [-0.3, -0.25) is 9.59 Å². The van der Waals surface area contributed by atoms with E-state index >= 15 is 0 Å². The van der Waals surface area contributed by atoms with Crippen molar-refractivity contribution in [2.75, 3.05) is 18.4 Å². The van der Waals surface area contributed by atoms with Gasteiger partial charge in [-0.25, -0.2) is 18.1 Å². The van der Waals surface area contributed by atoms with E-state index in [9.17, 15) is 18.0 Å². The minimum absolute atomic E-state index is 0.0492. The van der Waals surface area contributed by atoms with E-state index in [0.717, 1.165) is 15.2 Å². The summed E-state index contributed by atoms with van der Waals surface area (Å²) in [6.45, 7) is 7.50. The van der Waals surface area contributed by atoms with Crippen LogP contribution >= 0.6 is 11.3 Å². The Morgan fingerprint density at radius 3 is 2.38 bits per heavy atom. The minimum atomic E-state index is -3.70. The lowest BCUT2D eigenvalue weighted by Crippen LogP contribution is -2.34. The second kappa shape index (κ2) is 9.35. The van der Waals surface area contributed by atoms with Crippen molar-refractivity contribution < 1.29 is 18.0 Å². The maximum Gasteiger partial charge on any atom is 0.251 e. The van der Waals surface area contributed by atoms with Gasteiger partial charge in [-0.2, -0.15) is 0 Å². The third kappa shape index (κ3) is 5.90. The van der Waals surface area contributed by atoms with E-state index in [1.807, 2.05) is 27.7 Å². The number of benzene rings is 2. The van der Waals surface area contributed by atoms with E-state index in [0.29, 0.717) is 11.3 Å². The number of anilines is 1. The SMILES string of the molecule is Cc1nc2ccc(S(=O)(=O)NCCNC(=O)c3ccc(NC(=O)C(C)(C)C)cc3)cc2s1. The second-order valence-corrected chi connectivity index (χ2v) is 11.3. The predicted octanol–water partition coefficient (Wildman–Crippen LogP) is 3.30. The van der Waals surface area contributed by atoms with Crippen LogP contribution in [-0.2, 0) is 14.8 Å². The zero-order chi connectivity index (χ0) is 23.5. The molecule has 0 saturated carbocycles. The van der Waals surface area contributed by atoms with Crippen molar-refractivity contribution in [1.82, 2.24) is 15.0 Å². The Balaban J connectivity index is 1.51. The lowest BCUT2D eigenvalue weighted by atomic mass is 9.95. The number of nitrogens with zero attached hydrogens (tertiary/aromatic N) is 1. The smallest absolute Gasteiger partial charge is 0.251 e. The van der Waals surface area contributed by atoms with E-state index in [2.05, 4.69) is 20.3 Å². The predicted molar refractivity (Wildman–Crippen MR) is 126 cm³/mol. The number of carbonyl (C=O) groups excluding carboxylic acids is 2. The highest BCUT2D eigenvalue weighted by molar-refractivity contribution is 7.89. The molecule has 3 rings (SSSR count). The second-order valence-electron chi connectivity index (χ2n) is 8.30. The normalized spacial score (nSPS) is 12.0. The number of thiazole rings is 1. The zero-order valence-corrected chi connectivity index (χ0v) is 20.0. The molecular formula is C22H26N4O4S2. The topological polar surface area (TPSA) is 117 Å². The number of aromatic nitrogens is 1. The molecule has 32 heavy (non-hydrogen) atoms. The van der Waals surface area contributed by atoms with Gasteiger partial charge in [-0.1, -0.05) is 20.8 Å². The lowest BCUT2D eigenvalue weighted by Gasteiger charge is -2.17. The zero-order valence-electron chi connectivity index (χ0n) is 18.4. The maximum atomic E-state index is 12.5. The number of nitrogens with one attached hydrogen (secondary N) is 3. The fraction of sp³-hybridized carbons (Fsp3) is 0.318. The molecule has 1 aromatic heterocycles. The number of amides is 2. The van der Waals surface area contributed by atoms with Gasteiger partial charge >= 0.3 is 0 Å². The molecule has 0 spiro atoms. The fourth-order valence-corrected chi connectivity index (χ4v) is 4.76. The number of aryl methyl sites for hydroxylation is 1. The van der Waals surface area contributed by atoms with Crippen LogP contribution in [0.5, 0.6) is 0 Å². The van der Waals surface area contributed by atoms with Gasteiger partial charge < -0.3 is 10.6 Å². The molecule has 0 aliphatic rings. The summed E-state index contributed by atoms with van der Waals surface area (Å²) in [6.07, 6.45) is 0. The van der Waals surface area contributed by atoms with Gasteiger partial charge in [0.05, 0.1) is 20.1 Å². The first-order valence-corrected chi connectivity index (χ1v) is 12.3. The van der Waals surface area contributed by atoms with Crippen molar-refractivity contribution >= 4 is 49.1 Å². The average Bonchev–Trinajstić information content (AvgIpc) is 3.10. The lowest BCUT2D eigenvalue weighted by molar-refractivity contribution is -0.123. The van der Waals surface area contributed by atoms with Crippen LogP contribution in [-0.4, -0.2) is 38.3 Å². The van der Waals surface area contributed by atoms with Crippen molar-refractivity contribution in [2.24, 2.45) is 5.41 Å². The molecule has 3 N–H and O–H groups in total. The molecule has 0 aliphatic heterocycles.